The van der Waals surface area contributed by atoms with E-state index in [0.29, 0.717) is 11.8 Å². The minimum absolute atomic E-state index is 0.171. The molecule has 4 nitrogen and oxygen atoms in total. The lowest BCUT2D eigenvalue weighted by Gasteiger charge is -2.31. The van der Waals surface area contributed by atoms with Crippen LogP contribution in [0.15, 0.2) is 0 Å². The van der Waals surface area contributed by atoms with Crippen molar-refractivity contribution in [1.82, 2.24) is 15.1 Å². The number of carbonyl (C=O) groups is 1. The standard InChI is InChI=1S/C13H25N3O/c1-11(2)3-7-16-8-4-12(13(16)17)15-9-5-14-6-10-15/h11-12,14H,3-10H2,1-2H3. The van der Waals surface area contributed by atoms with Crippen LogP contribution in [-0.4, -0.2) is 61.0 Å². The first kappa shape index (κ1) is 12.8. The second kappa shape index (κ2) is 5.83. The van der Waals surface area contributed by atoms with E-state index in [1.54, 1.807) is 0 Å². The molecule has 2 saturated heterocycles. The number of nitrogens with zero attached hydrogens (tertiary/aromatic N) is 2. The molecule has 2 fully saturated rings. The summed E-state index contributed by atoms with van der Waals surface area (Å²) >= 11 is 0. The molecule has 0 aromatic carbocycles. The lowest BCUT2D eigenvalue weighted by Crippen LogP contribution is -2.51. The largest absolute Gasteiger partial charge is 0.341 e. The molecule has 0 aromatic rings. The minimum atomic E-state index is 0.171. The van der Waals surface area contributed by atoms with Gasteiger partial charge in [-0.15, -0.1) is 0 Å². The Balaban J connectivity index is 1.83. The van der Waals surface area contributed by atoms with Gasteiger partial charge in [0, 0.05) is 39.3 Å². The summed E-state index contributed by atoms with van der Waals surface area (Å²) in [5, 5.41) is 3.34. The Morgan fingerprint density at radius 2 is 2.00 bits per heavy atom. The lowest BCUT2D eigenvalue weighted by molar-refractivity contribution is -0.132. The first-order valence-electron chi connectivity index (χ1n) is 6.92. The van der Waals surface area contributed by atoms with Crippen LogP contribution in [0.25, 0.3) is 0 Å². The Bertz CT molecular complexity index is 261. The maximum Gasteiger partial charge on any atom is 0.239 e. The molecule has 1 N–H and O–H groups in total. The molecule has 0 bridgehead atoms. The second-order valence-electron chi connectivity index (χ2n) is 5.60. The van der Waals surface area contributed by atoms with E-state index >= 15 is 0 Å². The van der Waals surface area contributed by atoms with Crippen molar-refractivity contribution in [1.29, 1.82) is 0 Å². The van der Waals surface area contributed by atoms with E-state index in [4.69, 9.17) is 0 Å². The SMILES string of the molecule is CC(C)CCN1CCC(N2CCNCC2)C1=O. The zero-order valence-electron chi connectivity index (χ0n) is 11.1. The number of amides is 1. The van der Waals surface area contributed by atoms with Gasteiger partial charge in [0.1, 0.15) is 0 Å². The zero-order chi connectivity index (χ0) is 12.3. The van der Waals surface area contributed by atoms with Gasteiger partial charge in [0.15, 0.2) is 0 Å². The number of nitrogens with one attached hydrogen (secondary N) is 1. The quantitative estimate of drug-likeness (QED) is 0.778. The lowest BCUT2D eigenvalue weighted by atomic mass is 10.1. The van der Waals surface area contributed by atoms with Crippen LogP contribution in [0.5, 0.6) is 0 Å². The average molecular weight is 239 g/mol. The number of piperazine rings is 1. The third kappa shape index (κ3) is 3.19. The van der Waals surface area contributed by atoms with Crippen molar-refractivity contribution in [3.63, 3.8) is 0 Å². The molecule has 17 heavy (non-hydrogen) atoms. The summed E-state index contributed by atoms with van der Waals surface area (Å²) in [6, 6.07) is 0.171. The highest BCUT2D eigenvalue weighted by atomic mass is 16.2. The van der Waals surface area contributed by atoms with Gasteiger partial charge in [0.25, 0.3) is 0 Å². The van der Waals surface area contributed by atoms with Crippen LogP contribution in [0.3, 0.4) is 0 Å². The van der Waals surface area contributed by atoms with E-state index < -0.39 is 0 Å². The topological polar surface area (TPSA) is 35.6 Å². The average Bonchev–Trinajstić information content (AvgIpc) is 2.69. The highest BCUT2D eigenvalue weighted by molar-refractivity contribution is 5.84. The molecular formula is C13H25N3O. The van der Waals surface area contributed by atoms with Gasteiger partial charge < -0.3 is 10.2 Å². The van der Waals surface area contributed by atoms with Gasteiger partial charge in [-0.05, 0) is 18.8 Å². The molecule has 2 heterocycles. The van der Waals surface area contributed by atoms with Gasteiger partial charge in [-0.1, -0.05) is 13.8 Å². The van der Waals surface area contributed by atoms with Gasteiger partial charge in [-0.2, -0.15) is 0 Å². The molecule has 1 unspecified atom stereocenters. The maximum absolute atomic E-state index is 12.3. The van der Waals surface area contributed by atoms with Crippen LogP contribution in [0.4, 0.5) is 0 Å². The van der Waals surface area contributed by atoms with Crippen molar-refractivity contribution < 1.29 is 4.79 Å². The molecule has 1 amide bonds. The van der Waals surface area contributed by atoms with Crippen molar-refractivity contribution in [3.8, 4) is 0 Å². The number of hydrogen-bond acceptors (Lipinski definition) is 3. The number of hydrogen-bond donors (Lipinski definition) is 1. The normalized spacial score (nSPS) is 27.1. The highest BCUT2D eigenvalue weighted by Crippen LogP contribution is 2.18. The molecule has 1 atom stereocenters. The van der Waals surface area contributed by atoms with E-state index in [0.717, 1.165) is 52.1 Å². The van der Waals surface area contributed by atoms with Crippen molar-refractivity contribution in [3.05, 3.63) is 0 Å². The van der Waals surface area contributed by atoms with Gasteiger partial charge in [0.05, 0.1) is 6.04 Å². The molecule has 2 aliphatic rings. The fraction of sp³-hybridized carbons (Fsp3) is 0.923. The van der Waals surface area contributed by atoms with Gasteiger partial charge in [-0.3, -0.25) is 9.69 Å². The van der Waals surface area contributed by atoms with Gasteiger partial charge in [0.2, 0.25) is 5.91 Å². The second-order valence-corrected chi connectivity index (χ2v) is 5.60. The highest BCUT2D eigenvalue weighted by Gasteiger charge is 2.35. The van der Waals surface area contributed by atoms with Crippen LogP contribution in [0.2, 0.25) is 0 Å². The van der Waals surface area contributed by atoms with Crippen molar-refractivity contribution >= 4 is 5.91 Å². The fourth-order valence-electron chi connectivity index (χ4n) is 2.69. The van der Waals surface area contributed by atoms with E-state index in [2.05, 4.69) is 29.0 Å². The molecule has 2 rings (SSSR count). The summed E-state index contributed by atoms with van der Waals surface area (Å²) in [5.74, 6) is 1.05. The van der Waals surface area contributed by atoms with E-state index in [1.807, 2.05) is 0 Å². The van der Waals surface area contributed by atoms with Crippen LogP contribution in [0.1, 0.15) is 26.7 Å². The Labute approximate surface area is 104 Å². The molecule has 4 heteroatoms. The monoisotopic (exact) mass is 239 g/mol. The van der Waals surface area contributed by atoms with Gasteiger partial charge in [-0.25, -0.2) is 0 Å². The minimum Gasteiger partial charge on any atom is -0.341 e. The molecule has 2 aliphatic heterocycles. The smallest absolute Gasteiger partial charge is 0.239 e. The van der Waals surface area contributed by atoms with Crippen LogP contribution >= 0.6 is 0 Å². The zero-order valence-corrected chi connectivity index (χ0v) is 11.1. The molecule has 0 aromatic heterocycles. The van der Waals surface area contributed by atoms with Gasteiger partial charge >= 0.3 is 0 Å². The van der Waals surface area contributed by atoms with Crippen molar-refractivity contribution in [2.24, 2.45) is 5.92 Å². The Morgan fingerprint density at radius 3 is 2.65 bits per heavy atom. The predicted molar refractivity (Wildman–Crippen MR) is 68.9 cm³/mol. The third-order valence-corrected chi connectivity index (χ3v) is 3.84. The summed E-state index contributed by atoms with van der Waals surface area (Å²) in [4.78, 5) is 16.7. The Hall–Kier alpha value is -0.610. The van der Waals surface area contributed by atoms with Crippen molar-refractivity contribution in [2.75, 3.05) is 39.3 Å². The summed E-state index contributed by atoms with van der Waals surface area (Å²) < 4.78 is 0. The third-order valence-electron chi connectivity index (χ3n) is 3.84. The Morgan fingerprint density at radius 1 is 1.29 bits per heavy atom. The number of carbonyl (C=O) groups excluding carboxylic acids is 1. The summed E-state index contributed by atoms with van der Waals surface area (Å²) in [6.07, 6.45) is 2.15. The van der Waals surface area contributed by atoms with E-state index in [1.165, 1.54) is 0 Å². The van der Waals surface area contributed by atoms with Crippen LogP contribution in [-0.2, 0) is 4.79 Å². The van der Waals surface area contributed by atoms with E-state index in [9.17, 15) is 4.79 Å². The predicted octanol–water partition coefficient (Wildman–Crippen LogP) is 0.539. The molecule has 98 valence electrons. The van der Waals surface area contributed by atoms with E-state index in [-0.39, 0.29) is 6.04 Å². The fourth-order valence-corrected chi connectivity index (χ4v) is 2.69. The number of rotatable bonds is 4. The molecule has 0 aliphatic carbocycles. The Kier molecular flexibility index (Phi) is 4.40. The first-order chi connectivity index (χ1) is 8.18. The van der Waals surface area contributed by atoms with Crippen LogP contribution < -0.4 is 5.32 Å². The molecule has 0 spiro atoms. The maximum atomic E-state index is 12.3. The summed E-state index contributed by atoms with van der Waals surface area (Å²) in [7, 11) is 0. The van der Waals surface area contributed by atoms with Crippen molar-refractivity contribution in [2.45, 2.75) is 32.7 Å². The first-order valence-corrected chi connectivity index (χ1v) is 6.92. The summed E-state index contributed by atoms with van der Waals surface area (Å²) in [5.41, 5.74) is 0. The molecule has 0 saturated carbocycles. The number of likely N-dealkylation sites (tertiary alicyclic amines) is 1. The van der Waals surface area contributed by atoms with Crippen LogP contribution in [0, 0.1) is 5.92 Å². The molecule has 0 radical (unpaired) electrons. The summed E-state index contributed by atoms with van der Waals surface area (Å²) in [6.45, 7) is 10.4. The molecular weight excluding hydrogens is 214 g/mol.